The molecule has 0 heterocycles. The van der Waals surface area contributed by atoms with Crippen LogP contribution in [0.4, 0.5) is 0 Å². The minimum Gasteiger partial charge on any atom is -0.481 e. The van der Waals surface area contributed by atoms with Crippen molar-refractivity contribution in [3.63, 3.8) is 0 Å². The minimum atomic E-state index is -0.666. The van der Waals surface area contributed by atoms with E-state index in [-0.39, 0.29) is 6.61 Å². The average molecular weight is 219 g/mol. The molecule has 0 saturated carbocycles. The van der Waals surface area contributed by atoms with Crippen LogP contribution in [0, 0.1) is 0 Å². The molecule has 0 aliphatic carbocycles. The Labute approximate surface area is 92.5 Å². The second kappa shape index (κ2) is 15.8. The Balaban J connectivity index is 0. The Morgan fingerprint density at radius 1 is 1.13 bits per heavy atom. The molecule has 0 bridgehead atoms. The zero-order chi connectivity index (χ0) is 11.9. The van der Waals surface area contributed by atoms with Gasteiger partial charge in [0.1, 0.15) is 0 Å². The maximum absolute atomic E-state index is 10.1. The summed E-state index contributed by atoms with van der Waals surface area (Å²) in [5.74, 6) is -0.666. The van der Waals surface area contributed by atoms with Crippen LogP contribution < -0.4 is 5.73 Å². The largest absolute Gasteiger partial charge is 0.481 e. The van der Waals surface area contributed by atoms with Crippen molar-refractivity contribution in [1.82, 2.24) is 0 Å². The van der Waals surface area contributed by atoms with Gasteiger partial charge in [-0.25, -0.2) is 0 Å². The summed E-state index contributed by atoms with van der Waals surface area (Å²) in [6.07, 6.45) is 7.25. The number of aliphatic hydroxyl groups is 1. The molecule has 0 unspecified atom stereocenters. The van der Waals surface area contributed by atoms with E-state index in [1.807, 2.05) is 0 Å². The molecule has 4 N–H and O–H groups in total. The SMILES string of the molecule is CCCCCCCCC(=O)O.NCCO. The molecule has 92 valence electrons. The van der Waals surface area contributed by atoms with Gasteiger partial charge in [-0.1, -0.05) is 39.0 Å². The Bertz CT molecular complexity index is 127. The van der Waals surface area contributed by atoms with Crippen LogP contribution in [0.2, 0.25) is 0 Å². The van der Waals surface area contributed by atoms with Crippen molar-refractivity contribution in [1.29, 1.82) is 0 Å². The van der Waals surface area contributed by atoms with Crippen molar-refractivity contribution < 1.29 is 15.0 Å². The second-order valence-corrected chi connectivity index (χ2v) is 3.42. The Morgan fingerprint density at radius 3 is 2.00 bits per heavy atom. The van der Waals surface area contributed by atoms with Gasteiger partial charge in [-0.2, -0.15) is 0 Å². The molecule has 0 aliphatic rings. The highest BCUT2D eigenvalue weighted by atomic mass is 16.4. The predicted molar refractivity (Wildman–Crippen MR) is 61.8 cm³/mol. The first-order valence-electron chi connectivity index (χ1n) is 5.71. The van der Waals surface area contributed by atoms with Crippen LogP contribution in [0.25, 0.3) is 0 Å². The molecule has 0 aromatic heterocycles. The standard InChI is InChI=1S/C9H18O2.C2H7NO/c1-2-3-4-5-6-7-8-9(10)11;3-1-2-4/h2-8H2,1H3,(H,10,11);4H,1-3H2. The van der Waals surface area contributed by atoms with Crippen LogP contribution in [0.15, 0.2) is 0 Å². The lowest BCUT2D eigenvalue weighted by Gasteiger charge is -1.97. The summed E-state index contributed by atoms with van der Waals surface area (Å²) in [5.41, 5.74) is 4.78. The van der Waals surface area contributed by atoms with Crippen LogP contribution in [-0.2, 0) is 4.79 Å². The average Bonchev–Trinajstić information content (AvgIpc) is 2.23. The summed E-state index contributed by atoms with van der Waals surface area (Å²) in [7, 11) is 0. The van der Waals surface area contributed by atoms with E-state index in [1.54, 1.807) is 0 Å². The van der Waals surface area contributed by atoms with Gasteiger partial charge < -0.3 is 15.9 Å². The van der Waals surface area contributed by atoms with Crippen molar-refractivity contribution in [3.8, 4) is 0 Å². The normalized spacial score (nSPS) is 9.27. The molecule has 0 aliphatic heterocycles. The number of unbranched alkanes of at least 4 members (excludes halogenated alkanes) is 5. The van der Waals surface area contributed by atoms with Crippen LogP contribution >= 0.6 is 0 Å². The zero-order valence-electron chi connectivity index (χ0n) is 9.74. The Morgan fingerprint density at radius 2 is 1.60 bits per heavy atom. The topological polar surface area (TPSA) is 83.5 Å². The van der Waals surface area contributed by atoms with E-state index in [4.69, 9.17) is 15.9 Å². The molecule has 0 fully saturated rings. The van der Waals surface area contributed by atoms with Gasteiger partial charge in [0.05, 0.1) is 6.61 Å². The molecule has 0 aromatic carbocycles. The van der Waals surface area contributed by atoms with Crippen molar-refractivity contribution in [2.45, 2.75) is 51.9 Å². The third kappa shape index (κ3) is 24.7. The molecular formula is C11H25NO3. The first kappa shape index (κ1) is 16.8. The van der Waals surface area contributed by atoms with Gasteiger partial charge in [0.25, 0.3) is 0 Å². The van der Waals surface area contributed by atoms with Crippen molar-refractivity contribution in [3.05, 3.63) is 0 Å². The van der Waals surface area contributed by atoms with E-state index >= 15 is 0 Å². The summed E-state index contributed by atoms with van der Waals surface area (Å²) >= 11 is 0. The van der Waals surface area contributed by atoms with Crippen molar-refractivity contribution >= 4 is 5.97 Å². The number of carboxylic acids is 1. The quantitative estimate of drug-likeness (QED) is 0.543. The fourth-order valence-corrected chi connectivity index (χ4v) is 1.06. The number of nitrogens with two attached hydrogens (primary N) is 1. The van der Waals surface area contributed by atoms with Crippen LogP contribution in [0.3, 0.4) is 0 Å². The lowest BCUT2D eigenvalue weighted by molar-refractivity contribution is -0.137. The van der Waals surface area contributed by atoms with Gasteiger partial charge in [0, 0.05) is 13.0 Å². The van der Waals surface area contributed by atoms with E-state index in [0.29, 0.717) is 13.0 Å². The summed E-state index contributed by atoms with van der Waals surface area (Å²) in [4.78, 5) is 10.1. The molecule has 0 radical (unpaired) electrons. The fourth-order valence-electron chi connectivity index (χ4n) is 1.06. The van der Waals surface area contributed by atoms with Crippen molar-refractivity contribution in [2.24, 2.45) is 5.73 Å². The lowest BCUT2D eigenvalue weighted by Crippen LogP contribution is -2.02. The van der Waals surface area contributed by atoms with Gasteiger partial charge in [-0.3, -0.25) is 4.79 Å². The maximum atomic E-state index is 10.1. The number of aliphatic carboxylic acids is 1. The number of carbonyl (C=O) groups is 1. The number of rotatable bonds is 8. The highest BCUT2D eigenvalue weighted by molar-refractivity contribution is 5.66. The summed E-state index contributed by atoms with van der Waals surface area (Å²) in [5, 5.41) is 16.1. The molecule has 0 aromatic rings. The summed E-state index contributed by atoms with van der Waals surface area (Å²) in [6.45, 7) is 2.65. The van der Waals surface area contributed by atoms with Gasteiger partial charge in [-0.05, 0) is 6.42 Å². The van der Waals surface area contributed by atoms with E-state index in [1.165, 1.54) is 25.7 Å². The first-order chi connectivity index (χ1) is 7.18. The molecule has 0 spiro atoms. The third-order valence-corrected chi connectivity index (χ3v) is 1.87. The predicted octanol–water partition coefficient (Wildman–Crippen LogP) is 1.76. The molecule has 15 heavy (non-hydrogen) atoms. The van der Waals surface area contributed by atoms with Gasteiger partial charge >= 0.3 is 5.97 Å². The maximum Gasteiger partial charge on any atom is 0.303 e. The lowest BCUT2D eigenvalue weighted by atomic mass is 10.1. The zero-order valence-corrected chi connectivity index (χ0v) is 9.74. The summed E-state index contributed by atoms with van der Waals surface area (Å²) < 4.78 is 0. The Hall–Kier alpha value is -0.610. The van der Waals surface area contributed by atoms with E-state index in [0.717, 1.165) is 12.8 Å². The highest BCUT2D eigenvalue weighted by Gasteiger charge is 1.95. The molecule has 4 nitrogen and oxygen atoms in total. The third-order valence-electron chi connectivity index (χ3n) is 1.87. The van der Waals surface area contributed by atoms with E-state index in [9.17, 15) is 4.79 Å². The molecule has 0 rings (SSSR count). The summed E-state index contributed by atoms with van der Waals surface area (Å²) in [6, 6.07) is 0. The Kier molecular flexibility index (Phi) is 17.8. The fraction of sp³-hybridized carbons (Fsp3) is 0.909. The number of carboxylic acid groups (broad SMARTS) is 1. The van der Waals surface area contributed by atoms with Crippen LogP contribution in [-0.4, -0.2) is 29.3 Å². The van der Waals surface area contributed by atoms with Gasteiger partial charge in [-0.15, -0.1) is 0 Å². The minimum absolute atomic E-state index is 0.0972. The van der Waals surface area contributed by atoms with Crippen molar-refractivity contribution in [2.75, 3.05) is 13.2 Å². The molecule has 0 amide bonds. The van der Waals surface area contributed by atoms with E-state index < -0.39 is 5.97 Å². The molecular weight excluding hydrogens is 194 g/mol. The van der Waals surface area contributed by atoms with Gasteiger partial charge in [0.15, 0.2) is 0 Å². The second-order valence-electron chi connectivity index (χ2n) is 3.42. The monoisotopic (exact) mass is 219 g/mol. The molecule has 4 heteroatoms. The number of hydrogen-bond acceptors (Lipinski definition) is 3. The van der Waals surface area contributed by atoms with Crippen LogP contribution in [0.1, 0.15) is 51.9 Å². The highest BCUT2D eigenvalue weighted by Crippen LogP contribution is 2.06. The van der Waals surface area contributed by atoms with E-state index in [2.05, 4.69) is 6.92 Å². The molecule has 0 atom stereocenters. The first-order valence-corrected chi connectivity index (χ1v) is 5.71. The van der Waals surface area contributed by atoms with Gasteiger partial charge in [0.2, 0.25) is 0 Å². The molecule has 0 saturated heterocycles. The smallest absolute Gasteiger partial charge is 0.303 e. The number of aliphatic hydroxyl groups excluding tert-OH is 1. The van der Waals surface area contributed by atoms with Crippen LogP contribution in [0.5, 0.6) is 0 Å². The number of hydrogen-bond donors (Lipinski definition) is 3.